The van der Waals surface area contributed by atoms with Gasteiger partial charge in [0.15, 0.2) is 0 Å². The molecule has 0 N–H and O–H groups in total. The second-order valence-electron chi connectivity index (χ2n) is 8.10. The van der Waals surface area contributed by atoms with Crippen LogP contribution in [0.1, 0.15) is 37.7 Å². The molecule has 1 aromatic carbocycles. The van der Waals surface area contributed by atoms with Gasteiger partial charge < -0.3 is 9.64 Å². The van der Waals surface area contributed by atoms with Gasteiger partial charge in [0, 0.05) is 44.6 Å². The van der Waals surface area contributed by atoms with Crippen molar-refractivity contribution in [1.82, 2.24) is 9.80 Å². The molecular weight excluding hydrogens is 300 g/mol. The smallest absolute Gasteiger partial charge is 0.222 e. The van der Waals surface area contributed by atoms with Crippen LogP contribution in [0.2, 0.25) is 0 Å². The van der Waals surface area contributed by atoms with E-state index in [2.05, 4.69) is 28.0 Å². The van der Waals surface area contributed by atoms with Gasteiger partial charge in [0.05, 0.1) is 7.11 Å². The number of nitrogens with zero attached hydrogens (tertiary/aromatic N) is 2. The summed E-state index contributed by atoms with van der Waals surface area (Å²) >= 11 is 0. The highest BCUT2D eigenvalue weighted by Crippen LogP contribution is 2.41. The maximum Gasteiger partial charge on any atom is 0.222 e. The SMILES string of the molecule is COc1cccc(CN2CC3(C2)CN(C(=O)CC2CCCC2)C3)c1. The molecule has 1 aliphatic carbocycles. The van der Waals surface area contributed by atoms with Gasteiger partial charge in [0.2, 0.25) is 5.91 Å². The normalized spacial score (nSPS) is 23.1. The maximum absolute atomic E-state index is 12.4. The lowest BCUT2D eigenvalue weighted by molar-refractivity contribution is -0.160. The maximum atomic E-state index is 12.4. The van der Waals surface area contributed by atoms with Crippen molar-refractivity contribution in [1.29, 1.82) is 0 Å². The fraction of sp³-hybridized carbons (Fsp3) is 0.650. The number of hydrogen-bond donors (Lipinski definition) is 0. The summed E-state index contributed by atoms with van der Waals surface area (Å²) in [5, 5.41) is 0. The molecule has 4 rings (SSSR count). The third-order valence-electron chi connectivity index (χ3n) is 6.00. The number of methoxy groups -OCH3 is 1. The van der Waals surface area contributed by atoms with Crippen molar-refractivity contribution >= 4 is 5.91 Å². The highest BCUT2D eigenvalue weighted by Gasteiger charge is 2.52. The number of ether oxygens (including phenoxy) is 1. The summed E-state index contributed by atoms with van der Waals surface area (Å²) in [4.78, 5) is 16.9. The summed E-state index contributed by atoms with van der Waals surface area (Å²) < 4.78 is 5.29. The van der Waals surface area contributed by atoms with Crippen molar-refractivity contribution in [3.63, 3.8) is 0 Å². The van der Waals surface area contributed by atoms with Crippen molar-refractivity contribution in [2.45, 2.75) is 38.6 Å². The lowest BCUT2D eigenvalue weighted by atomic mass is 9.72. The number of carbonyl (C=O) groups is 1. The van der Waals surface area contributed by atoms with Crippen molar-refractivity contribution < 1.29 is 9.53 Å². The molecule has 2 heterocycles. The molecule has 2 aliphatic heterocycles. The zero-order valence-corrected chi connectivity index (χ0v) is 14.7. The van der Waals surface area contributed by atoms with Gasteiger partial charge in [-0.2, -0.15) is 0 Å². The Bertz CT molecular complexity index is 595. The number of likely N-dealkylation sites (tertiary alicyclic amines) is 2. The van der Waals surface area contributed by atoms with Gasteiger partial charge in [0.1, 0.15) is 5.75 Å². The standard InChI is InChI=1S/C20H28N2O2/c1-24-18-8-4-7-17(9-18)11-21-12-20(13-21)14-22(15-20)19(23)10-16-5-2-3-6-16/h4,7-9,16H,2-3,5-6,10-15H2,1H3. The Morgan fingerprint density at radius 2 is 1.96 bits per heavy atom. The predicted molar refractivity (Wildman–Crippen MR) is 93.9 cm³/mol. The molecule has 24 heavy (non-hydrogen) atoms. The highest BCUT2D eigenvalue weighted by atomic mass is 16.5. The van der Waals surface area contributed by atoms with E-state index in [0.717, 1.165) is 44.9 Å². The van der Waals surface area contributed by atoms with Gasteiger partial charge >= 0.3 is 0 Å². The molecule has 4 heteroatoms. The van der Waals surface area contributed by atoms with Gasteiger partial charge in [-0.3, -0.25) is 9.69 Å². The van der Waals surface area contributed by atoms with Gasteiger partial charge in [-0.25, -0.2) is 0 Å². The van der Waals surface area contributed by atoms with E-state index in [-0.39, 0.29) is 0 Å². The molecule has 0 atom stereocenters. The quantitative estimate of drug-likeness (QED) is 0.833. The minimum atomic E-state index is 0.393. The molecule has 1 amide bonds. The summed E-state index contributed by atoms with van der Waals surface area (Å²) in [5.41, 5.74) is 1.70. The van der Waals surface area contributed by atoms with Crippen LogP contribution in [0.15, 0.2) is 24.3 Å². The van der Waals surface area contributed by atoms with Crippen molar-refractivity contribution in [2.24, 2.45) is 11.3 Å². The van der Waals surface area contributed by atoms with Crippen LogP contribution in [0.5, 0.6) is 5.75 Å². The number of rotatable bonds is 5. The van der Waals surface area contributed by atoms with E-state index < -0.39 is 0 Å². The summed E-state index contributed by atoms with van der Waals surface area (Å²) in [6, 6.07) is 8.31. The second kappa shape index (κ2) is 6.40. The first-order valence-electron chi connectivity index (χ1n) is 9.29. The number of carbonyl (C=O) groups excluding carboxylic acids is 1. The minimum Gasteiger partial charge on any atom is -0.497 e. The van der Waals surface area contributed by atoms with Crippen LogP contribution in [0.3, 0.4) is 0 Å². The Morgan fingerprint density at radius 1 is 1.21 bits per heavy atom. The van der Waals surface area contributed by atoms with Crippen LogP contribution < -0.4 is 4.74 Å². The molecular formula is C20H28N2O2. The fourth-order valence-corrected chi connectivity index (χ4v) is 4.77. The van der Waals surface area contributed by atoms with Crippen LogP contribution in [-0.2, 0) is 11.3 Å². The monoisotopic (exact) mass is 328 g/mol. The molecule has 4 nitrogen and oxygen atoms in total. The molecule has 0 aromatic heterocycles. The van der Waals surface area contributed by atoms with E-state index in [1.54, 1.807) is 7.11 Å². The molecule has 1 saturated carbocycles. The molecule has 1 spiro atoms. The number of benzene rings is 1. The Balaban J connectivity index is 1.21. The number of hydrogen-bond acceptors (Lipinski definition) is 3. The molecule has 0 bridgehead atoms. The number of amides is 1. The molecule has 3 aliphatic rings. The van der Waals surface area contributed by atoms with Gasteiger partial charge in [-0.15, -0.1) is 0 Å². The van der Waals surface area contributed by atoms with E-state index in [1.807, 2.05) is 6.07 Å². The summed E-state index contributed by atoms with van der Waals surface area (Å²) in [5.74, 6) is 1.99. The van der Waals surface area contributed by atoms with Crippen LogP contribution in [0.25, 0.3) is 0 Å². The Morgan fingerprint density at radius 3 is 2.67 bits per heavy atom. The Kier molecular flexibility index (Phi) is 4.25. The van der Waals surface area contributed by atoms with Crippen molar-refractivity contribution in [2.75, 3.05) is 33.3 Å². The summed E-state index contributed by atoms with van der Waals surface area (Å²) in [6.07, 6.45) is 5.96. The largest absolute Gasteiger partial charge is 0.497 e. The topological polar surface area (TPSA) is 32.8 Å². The summed E-state index contributed by atoms with van der Waals surface area (Å²) in [7, 11) is 1.71. The Labute approximate surface area is 144 Å². The summed E-state index contributed by atoms with van der Waals surface area (Å²) in [6.45, 7) is 5.18. The predicted octanol–water partition coefficient (Wildman–Crippen LogP) is 2.92. The third kappa shape index (κ3) is 3.16. The van der Waals surface area contributed by atoms with Gasteiger partial charge in [-0.1, -0.05) is 25.0 Å². The van der Waals surface area contributed by atoms with Gasteiger partial charge in [-0.05, 0) is 36.5 Å². The fourth-order valence-electron chi connectivity index (χ4n) is 4.77. The van der Waals surface area contributed by atoms with E-state index in [1.165, 1.54) is 31.2 Å². The molecule has 0 radical (unpaired) electrons. The molecule has 0 unspecified atom stereocenters. The second-order valence-corrected chi connectivity index (χ2v) is 8.10. The third-order valence-corrected chi connectivity index (χ3v) is 6.00. The molecule has 2 saturated heterocycles. The average Bonchev–Trinajstić information content (AvgIpc) is 3.01. The van der Waals surface area contributed by atoms with E-state index in [0.29, 0.717) is 17.2 Å². The van der Waals surface area contributed by atoms with E-state index in [4.69, 9.17) is 4.74 Å². The first-order chi connectivity index (χ1) is 11.7. The average molecular weight is 328 g/mol. The van der Waals surface area contributed by atoms with E-state index in [9.17, 15) is 4.79 Å². The molecule has 1 aromatic rings. The van der Waals surface area contributed by atoms with Crippen LogP contribution in [-0.4, -0.2) is 49.0 Å². The Hall–Kier alpha value is -1.55. The molecule has 3 fully saturated rings. The zero-order chi connectivity index (χ0) is 16.6. The molecule has 130 valence electrons. The first-order valence-corrected chi connectivity index (χ1v) is 9.29. The first kappa shape index (κ1) is 15.9. The van der Waals surface area contributed by atoms with Crippen LogP contribution >= 0.6 is 0 Å². The lowest BCUT2D eigenvalue weighted by Crippen LogP contribution is -2.72. The lowest BCUT2D eigenvalue weighted by Gasteiger charge is -2.60. The van der Waals surface area contributed by atoms with Gasteiger partial charge in [0.25, 0.3) is 0 Å². The van der Waals surface area contributed by atoms with Crippen LogP contribution in [0.4, 0.5) is 0 Å². The van der Waals surface area contributed by atoms with Crippen molar-refractivity contribution in [3.05, 3.63) is 29.8 Å². The van der Waals surface area contributed by atoms with E-state index >= 15 is 0 Å². The van der Waals surface area contributed by atoms with Crippen LogP contribution in [0, 0.1) is 11.3 Å². The minimum absolute atomic E-state index is 0.393. The highest BCUT2D eigenvalue weighted by molar-refractivity contribution is 5.77. The van der Waals surface area contributed by atoms with Crippen molar-refractivity contribution in [3.8, 4) is 5.75 Å². The zero-order valence-electron chi connectivity index (χ0n) is 14.7.